The fourth-order valence-corrected chi connectivity index (χ4v) is 4.98. The normalized spacial score (nSPS) is 20.3. The molecule has 2 aromatic rings. The van der Waals surface area contributed by atoms with Crippen molar-refractivity contribution >= 4 is 22.4 Å². The van der Waals surface area contributed by atoms with Gasteiger partial charge in [-0.25, -0.2) is 4.98 Å². The van der Waals surface area contributed by atoms with E-state index in [4.69, 9.17) is 4.42 Å². The van der Waals surface area contributed by atoms with Gasteiger partial charge in [-0.15, -0.1) is 11.3 Å². The molecule has 5 nitrogen and oxygen atoms in total. The van der Waals surface area contributed by atoms with Crippen LogP contribution in [0, 0.1) is 0 Å². The minimum absolute atomic E-state index is 0.151. The molecule has 26 heavy (non-hydrogen) atoms. The lowest BCUT2D eigenvalue weighted by Gasteiger charge is -2.37. The summed E-state index contributed by atoms with van der Waals surface area (Å²) in [5.41, 5.74) is 1.22. The summed E-state index contributed by atoms with van der Waals surface area (Å²) in [5.74, 6) is 1.27. The quantitative estimate of drug-likeness (QED) is 0.804. The number of aromatic nitrogens is 1. The van der Waals surface area contributed by atoms with Gasteiger partial charge < -0.3 is 4.42 Å². The summed E-state index contributed by atoms with van der Waals surface area (Å²) < 4.78 is 5.60. The van der Waals surface area contributed by atoms with Crippen LogP contribution in [0.5, 0.6) is 0 Å². The van der Waals surface area contributed by atoms with Crippen molar-refractivity contribution < 1.29 is 9.21 Å². The molecule has 1 unspecified atom stereocenters. The summed E-state index contributed by atoms with van der Waals surface area (Å²) in [5, 5.41) is 2.82. The largest absolute Gasteiger partial charge is 0.469 e. The molecule has 1 fully saturated rings. The summed E-state index contributed by atoms with van der Waals surface area (Å²) >= 11 is 1.57. The van der Waals surface area contributed by atoms with Gasteiger partial charge in [0.1, 0.15) is 5.76 Å². The molecule has 0 bridgehead atoms. The molecule has 0 N–H and O–H groups in total. The van der Waals surface area contributed by atoms with Crippen LogP contribution < -0.4 is 4.90 Å². The van der Waals surface area contributed by atoms with Gasteiger partial charge in [-0.05, 0) is 38.8 Å². The number of furan rings is 1. The average molecular weight is 374 g/mol. The number of hydrogen-bond acceptors (Lipinski definition) is 5. The maximum absolute atomic E-state index is 13.5. The van der Waals surface area contributed by atoms with Crippen molar-refractivity contribution in [3.63, 3.8) is 0 Å². The van der Waals surface area contributed by atoms with Crippen LogP contribution >= 0.6 is 11.3 Å². The van der Waals surface area contributed by atoms with Crippen molar-refractivity contribution in [2.24, 2.45) is 0 Å². The van der Waals surface area contributed by atoms with Crippen LogP contribution in [0.3, 0.4) is 0 Å². The van der Waals surface area contributed by atoms with E-state index in [0.717, 1.165) is 49.7 Å². The molecule has 1 aliphatic heterocycles. The number of carbonyl (C=O) groups is 1. The molecule has 0 aromatic carbocycles. The standard InChI is InChI=1S/C20H27N3O2S/c1-15(22-11-5-8-18-16(14-22)9-12-25-18)19(24)23(20-21-10-13-26-20)17-6-3-2-4-7-17/h9-10,12-13,15,17H,2-8,11,14H2,1H3. The van der Waals surface area contributed by atoms with Crippen molar-refractivity contribution in [2.75, 3.05) is 11.4 Å². The van der Waals surface area contributed by atoms with Gasteiger partial charge >= 0.3 is 0 Å². The number of thiazole rings is 1. The van der Waals surface area contributed by atoms with E-state index >= 15 is 0 Å². The van der Waals surface area contributed by atoms with Gasteiger partial charge in [-0.3, -0.25) is 14.6 Å². The van der Waals surface area contributed by atoms with E-state index in [-0.39, 0.29) is 11.9 Å². The number of aryl methyl sites for hydroxylation is 1. The molecule has 1 atom stereocenters. The van der Waals surface area contributed by atoms with Gasteiger partial charge in [0.15, 0.2) is 5.13 Å². The SMILES string of the molecule is CC(C(=O)N(c1nccs1)C1CCCCC1)N1CCCc2occc2C1. The van der Waals surface area contributed by atoms with Gasteiger partial charge in [-0.2, -0.15) is 0 Å². The number of rotatable bonds is 4. The Balaban J connectivity index is 1.55. The highest BCUT2D eigenvalue weighted by atomic mass is 32.1. The summed E-state index contributed by atoms with van der Waals surface area (Å²) in [4.78, 5) is 22.3. The van der Waals surface area contributed by atoms with Crippen LogP contribution in [-0.4, -0.2) is 34.4 Å². The van der Waals surface area contributed by atoms with Crippen molar-refractivity contribution in [1.82, 2.24) is 9.88 Å². The summed E-state index contributed by atoms with van der Waals surface area (Å²) in [6.45, 7) is 3.76. The van der Waals surface area contributed by atoms with E-state index in [0.29, 0.717) is 6.04 Å². The lowest BCUT2D eigenvalue weighted by molar-refractivity contribution is -0.124. The smallest absolute Gasteiger partial charge is 0.246 e. The maximum Gasteiger partial charge on any atom is 0.246 e. The zero-order valence-electron chi connectivity index (χ0n) is 15.4. The molecule has 4 rings (SSSR count). The molecule has 1 amide bonds. The Morgan fingerprint density at radius 3 is 2.96 bits per heavy atom. The van der Waals surface area contributed by atoms with E-state index < -0.39 is 0 Å². The van der Waals surface area contributed by atoms with Gasteiger partial charge in [0, 0.05) is 36.1 Å². The fraction of sp³-hybridized carbons (Fsp3) is 0.600. The summed E-state index contributed by atoms with van der Waals surface area (Å²) in [7, 11) is 0. The predicted octanol–water partition coefficient (Wildman–Crippen LogP) is 4.24. The van der Waals surface area contributed by atoms with Gasteiger partial charge in [0.05, 0.1) is 12.3 Å². The van der Waals surface area contributed by atoms with E-state index in [2.05, 4.69) is 16.8 Å². The minimum Gasteiger partial charge on any atom is -0.469 e. The molecule has 0 saturated heterocycles. The Morgan fingerprint density at radius 2 is 2.19 bits per heavy atom. The highest BCUT2D eigenvalue weighted by molar-refractivity contribution is 7.13. The number of carbonyl (C=O) groups excluding carboxylic acids is 1. The van der Waals surface area contributed by atoms with Crippen LogP contribution in [0.4, 0.5) is 5.13 Å². The number of nitrogens with zero attached hydrogens (tertiary/aromatic N) is 3. The van der Waals surface area contributed by atoms with Crippen molar-refractivity contribution in [1.29, 1.82) is 0 Å². The molecule has 0 spiro atoms. The zero-order valence-corrected chi connectivity index (χ0v) is 16.2. The highest BCUT2D eigenvalue weighted by Gasteiger charge is 2.34. The van der Waals surface area contributed by atoms with E-state index in [9.17, 15) is 4.79 Å². The first-order valence-corrected chi connectivity index (χ1v) is 10.6. The Hall–Kier alpha value is -1.66. The predicted molar refractivity (Wildman–Crippen MR) is 103 cm³/mol. The second-order valence-electron chi connectivity index (χ2n) is 7.43. The number of fused-ring (bicyclic) bond motifs is 1. The molecule has 2 aliphatic rings. The maximum atomic E-state index is 13.5. The third kappa shape index (κ3) is 3.58. The van der Waals surface area contributed by atoms with Gasteiger partial charge in [0.2, 0.25) is 5.91 Å². The fourth-order valence-electron chi connectivity index (χ4n) is 4.26. The van der Waals surface area contributed by atoms with Crippen molar-refractivity contribution in [3.05, 3.63) is 35.2 Å². The first kappa shape index (κ1) is 17.7. The molecule has 140 valence electrons. The second-order valence-corrected chi connectivity index (χ2v) is 8.31. The van der Waals surface area contributed by atoms with E-state index in [1.165, 1.54) is 24.8 Å². The second kappa shape index (κ2) is 7.92. The topological polar surface area (TPSA) is 49.6 Å². The number of anilines is 1. The Kier molecular flexibility index (Phi) is 5.41. The van der Waals surface area contributed by atoms with Crippen molar-refractivity contribution in [2.45, 2.75) is 70.5 Å². The lowest BCUT2D eigenvalue weighted by atomic mass is 9.94. The monoisotopic (exact) mass is 373 g/mol. The van der Waals surface area contributed by atoms with Crippen LogP contribution in [0.1, 0.15) is 56.8 Å². The first-order valence-electron chi connectivity index (χ1n) is 9.76. The minimum atomic E-state index is -0.151. The zero-order chi connectivity index (χ0) is 17.9. The van der Waals surface area contributed by atoms with Crippen LogP contribution in [0.25, 0.3) is 0 Å². The summed E-state index contributed by atoms with van der Waals surface area (Å²) in [6.07, 6.45) is 11.4. The first-order chi connectivity index (χ1) is 12.7. The third-order valence-corrected chi connectivity index (χ3v) is 6.54. The molecule has 1 aliphatic carbocycles. The Labute approximate surface area is 159 Å². The number of amides is 1. The van der Waals surface area contributed by atoms with E-state index in [1.54, 1.807) is 23.8 Å². The molecular weight excluding hydrogens is 346 g/mol. The van der Waals surface area contributed by atoms with Crippen molar-refractivity contribution in [3.8, 4) is 0 Å². The van der Waals surface area contributed by atoms with Gasteiger partial charge in [-0.1, -0.05) is 19.3 Å². The Bertz CT molecular complexity index is 721. The van der Waals surface area contributed by atoms with E-state index in [1.807, 2.05) is 16.3 Å². The molecule has 6 heteroatoms. The number of hydrogen-bond donors (Lipinski definition) is 0. The van der Waals surface area contributed by atoms with Gasteiger partial charge in [0.25, 0.3) is 0 Å². The lowest BCUT2D eigenvalue weighted by Crippen LogP contribution is -2.51. The molecule has 3 heterocycles. The van der Waals surface area contributed by atoms with Crippen LogP contribution in [0.2, 0.25) is 0 Å². The summed E-state index contributed by atoms with van der Waals surface area (Å²) in [6, 6.07) is 2.19. The molecular formula is C20H27N3O2S. The average Bonchev–Trinajstić information content (AvgIpc) is 3.31. The third-order valence-electron chi connectivity index (χ3n) is 5.77. The molecule has 0 radical (unpaired) electrons. The Morgan fingerprint density at radius 1 is 1.35 bits per heavy atom. The van der Waals surface area contributed by atoms with Crippen LogP contribution in [-0.2, 0) is 17.8 Å². The highest BCUT2D eigenvalue weighted by Crippen LogP contribution is 2.30. The molecule has 2 aromatic heterocycles. The van der Waals surface area contributed by atoms with Crippen LogP contribution in [0.15, 0.2) is 28.3 Å². The molecule has 1 saturated carbocycles.